The maximum absolute atomic E-state index is 11.3. The molecule has 0 saturated carbocycles. The van der Waals surface area contributed by atoms with E-state index in [9.17, 15) is 9.59 Å². The Morgan fingerprint density at radius 3 is 2.63 bits per heavy atom. The summed E-state index contributed by atoms with van der Waals surface area (Å²) >= 11 is 5.47. The predicted octanol–water partition coefficient (Wildman–Crippen LogP) is 2.29. The highest BCUT2D eigenvalue weighted by Gasteiger charge is 2.20. The van der Waals surface area contributed by atoms with Crippen molar-refractivity contribution in [1.82, 2.24) is 5.32 Å². The summed E-state index contributed by atoms with van der Waals surface area (Å²) in [6, 6.07) is 7.24. The Bertz CT molecular complexity index is 472. The second kappa shape index (κ2) is 6.57. The van der Waals surface area contributed by atoms with Crippen molar-refractivity contribution in [3.63, 3.8) is 0 Å². The summed E-state index contributed by atoms with van der Waals surface area (Å²) in [5.41, 5.74) is 0.555. The molecule has 19 heavy (non-hydrogen) atoms. The lowest BCUT2D eigenvalue weighted by Gasteiger charge is -2.26. The van der Waals surface area contributed by atoms with Crippen LogP contribution in [0.5, 0.6) is 5.75 Å². The predicted molar refractivity (Wildman–Crippen MR) is 74.4 cm³/mol. The minimum Gasteiger partial charge on any atom is -0.427 e. The van der Waals surface area contributed by atoms with Crippen LogP contribution in [0.4, 0.5) is 0 Å². The van der Waals surface area contributed by atoms with Gasteiger partial charge in [-0.1, -0.05) is 12.1 Å². The highest BCUT2D eigenvalue weighted by molar-refractivity contribution is 6.27. The van der Waals surface area contributed by atoms with E-state index in [1.807, 2.05) is 26.0 Å². The summed E-state index contributed by atoms with van der Waals surface area (Å²) in [5.74, 6) is -0.115. The quantitative estimate of drug-likeness (QED) is 0.512. The number of hydrogen-bond acceptors (Lipinski definition) is 3. The van der Waals surface area contributed by atoms with E-state index < -0.39 is 5.54 Å². The van der Waals surface area contributed by atoms with Crippen LogP contribution in [-0.4, -0.2) is 23.3 Å². The van der Waals surface area contributed by atoms with Gasteiger partial charge in [0.2, 0.25) is 5.91 Å². The molecule has 1 amide bonds. The molecular formula is C14H18ClNO3. The molecular weight excluding hydrogens is 266 g/mol. The van der Waals surface area contributed by atoms with Gasteiger partial charge in [-0.25, -0.2) is 0 Å². The van der Waals surface area contributed by atoms with Crippen LogP contribution in [0, 0.1) is 0 Å². The number of benzene rings is 1. The summed E-state index contributed by atoms with van der Waals surface area (Å²) in [4.78, 5) is 22.2. The molecule has 0 heterocycles. The average Bonchev–Trinajstić information content (AvgIpc) is 2.26. The fourth-order valence-electron chi connectivity index (χ4n) is 1.85. The summed E-state index contributed by atoms with van der Waals surface area (Å²) in [5, 5.41) is 2.84. The molecule has 5 heteroatoms. The lowest BCUT2D eigenvalue weighted by molar-refractivity contribution is -0.131. The SMILES string of the molecule is CC(=O)Oc1cccc(CC(C)(C)NC(=O)CCl)c1. The molecule has 104 valence electrons. The van der Waals surface area contributed by atoms with Gasteiger partial charge >= 0.3 is 5.97 Å². The number of esters is 1. The first-order chi connectivity index (χ1) is 8.82. The minimum atomic E-state index is -0.416. The number of halogens is 1. The first-order valence-corrected chi connectivity index (χ1v) is 6.50. The van der Waals surface area contributed by atoms with E-state index in [1.54, 1.807) is 12.1 Å². The molecule has 0 aliphatic rings. The number of hydrogen-bond donors (Lipinski definition) is 1. The molecule has 0 unspecified atom stereocenters. The van der Waals surface area contributed by atoms with Gasteiger partial charge in [0.15, 0.2) is 0 Å². The normalized spacial score (nSPS) is 10.9. The molecule has 0 saturated heterocycles. The maximum atomic E-state index is 11.3. The van der Waals surface area contributed by atoms with Crippen LogP contribution >= 0.6 is 11.6 Å². The second-order valence-corrected chi connectivity index (χ2v) is 5.25. The Labute approximate surface area is 118 Å². The smallest absolute Gasteiger partial charge is 0.308 e. The zero-order valence-electron chi connectivity index (χ0n) is 11.3. The third-order valence-electron chi connectivity index (χ3n) is 2.41. The number of nitrogens with one attached hydrogen (secondary N) is 1. The number of carbonyl (C=O) groups is 2. The van der Waals surface area contributed by atoms with Crippen molar-refractivity contribution in [2.24, 2.45) is 0 Å². The topological polar surface area (TPSA) is 55.4 Å². The van der Waals surface area contributed by atoms with Crippen LogP contribution in [0.1, 0.15) is 26.3 Å². The third-order valence-corrected chi connectivity index (χ3v) is 2.65. The van der Waals surface area contributed by atoms with E-state index in [0.717, 1.165) is 5.56 Å². The molecule has 0 fully saturated rings. The number of amides is 1. The fraction of sp³-hybridized carbons (Fsp3) is 0.429. The van der Waals surface area contributed by atoms with E-state index in [0.29, 0.717) is 12.2 Å². The Morgan fingerprint density at radius 2 is 2.05 bits per heavy atom. The van der Waals surface area contributed by atoms with Crippen molar-refractivity contribution < 1.29 is 14.3 Å². The largest absolute Gasteiger partial charge is 0.427 e. The van der Waals surface area contributed by atoms with E-state index in [-0.39, 0.29) is 17.8 Å². The van der Waals surface area contributed by atoms with Crippen molar-refractivity contribution in [3.8, 4) is 5.75 Å². The standard InChI is InChI=1S/C14H18ClNO3/c1-10(17)19-12-6-4-5-11(7-12)8-14(2,3)16-13(18)9-15/h4-7H,8-9H2,1-3H3,(H,16,18). The van der Waals surface area contributed by atoms with Gasteiger partial charge in [-0.3, -0.25) is 9.59 Å². The molecule has 0 aliphatic carbocycles. The number of rotatable bonds is 5. The molecule has 0 radical (unpaired) electrons. The molecule has 0 bridgehead atoms. The number of ether oxygens (including phenoxy) is 1. The molecule has 1 aromatic carbocycles. The average molecular weight is 284 g/mol. The molecule has 1 aromatic rings. The van der Waals surface area contributed by atoms with Gasteiger partial charge in [-0.2, -0.15) is 0 Å². The van der Waals surface area contributed by atoms with Gasteiger partial charge in [0.25, 0.3) is 0 Å². The van der Waals surface area contributed by atoms with Gasteiger partial charge in [-0.05, 0) is 38.0 Å². The van der Waals surface area contributed by atoms with Crippen molar-refractivity contribution >= 4 is 23.5 Å². The summed E-state index contributed by atoms with van der Waals surface area (Å²) in [6.07, 6.45) is 0.616. The minimum absolute atomic E-state index is 0.0586. The van der Waals surface area contributed by atoms with Crippen molar-refractivity contribution in [2.75, 3.05) is 5.88 Å². The van der Waals surface area contributed by atoms with E-state index in [4.69, 9.17) is 16.3 Å². The Morgan fingerprint density at radius 1 is 1.37 bits per heavy atom. The molecule has 0 aliphatic heterocycles. The van der Waals surface area contributed by atoms with E-state index >= 15 is 0 Å². The molecule has 4 nitrogen and oxygen atoms in total. The summed E-state index contributed by atoms with van der Waals surface area (Å²) in [7, 11) is 0. The summed E-state index contributed by atoms with van der Waals surface area (Å²) in [6.45, 7) is 5.18. The monoisotopic (exact) mass is 283 g/mol. The van der Waals surface area contributed by atoms with Crippen molar-refractivity contribution in [3.05, 3.63) is 29.8 Å². The zero-order valence-corrected chi connectivity index (χ0v) is 12.1. The molecule has 1 N–H and O–H groups in total. The highest BCUT2D eigenvalue weighted by Crippen LogP contribution is 2.18. The van der Waals surface area contributed by atoms with Crippen molar-refractivity contribution in [2.45, 2.75) is 32.7 Å². The van der Waals surface area contributed by atoms with Crippen molar-refractivity contribution in [1.29, 1.82) is 0 Å². The van der Waals surface area contributed by atoms with Crippen LogP contribution in [0.15, 0.2) is 24.3 Å². The Hall–Kier alpha value is -1.55. The molecule has 0 atom stereocenters. The Kier molecular flexibility index (Phi) is 5.36. The van der Waals surface area contributed by atoms with Crippen LogP contribution in [0.2, 0.25) is 0 Å². The Balaban J connectivity index is 2.75. The molecule has 1 rings (SSSR count). The summed E-state index contributed by atoms with van der Waals surface area (Å²) < 4.78 is 5.02. The first-order valence-electron chi connectivity index (χ1n) is 5.97. The van der Waals surface area contributed by atoms with Gasteiger partial charge in [0.05, 0.1) is 0 Å². The highest BCUT2D eigenvalue weighted by atomic mass is 35.5. The fourth-order valence-corrected chi connectivity index (χ4v) is 1.92. The number of carbonyl (C=O) groups excluding carboxylic acids is 2. The van der Waals surface area contributed by atoms with E-state index in [2.05, 4.69) is 5.32 Å². The lowest BCUT2D eigenvalue weighted by atomic mass is 9.95. The third kappa shape index (κ3) is 5.75. The van der Waals surface area contributed by atoms with Crippen LogP contribution in [0.3, 0.4) is 0 Å². The second-order valence-electron chi connectivity index (χ2n) is 4.98. The van der Waals surface area contributed by atoms with Crippen LogP contribution in [-0.2, 0) is 16.0 Å². The van der Waals surface area contributed by atoms with Gasteiger partial charge < -0.3 is 10.1 Å². The number of alkyl halides is 1. The van der Waals surface area contributed by atoms with Crippen LogP contribution < -0.4 is 10.1 Å². The van der Waals surface area contributed by atoms with Gasteiger partial charge in [-0.15, -0.1) is 11.6 Å². The lowest BCUT2D eigenvalue weighted by Crippen LogP contribution is -2.45. The van der Waals surface area contributed by atoms with E-state index in [1.165, 1.54) is 6.92 Å². The van der Waals surface area contributed by atoms with Crippen LogP contribution in [0.25, 0.3) is 0 Å². The zero-order chi connectivity index (χ0) is 14.5. The molecule has 0 aromatic heterocycles. The maximum Gasteiger partial charge on any atom is 0.308 e. The molecule has 0 spiro atoms. The van der Waals surface area contributed by atoms with Gasteiger partial charge in [0, 0.05) is 12.5 Å². The van der Waals surface area contributed by atoms with Gasteiger partial charge in [0.1, 0.15) is 11.6 Å². The first kappa shape index (κ1) is 15.5.